The summed E-state index contributed by atoms with van der Waals surface area (Å²) < 4.78 is 39.7. The number of likely N-dealkylation sites (tertiary alicyclic amines) is 2. The Bertz CT molecular complexity index is 1130. The van der Waals surface area contributed by atoms with Crippen LogP contribution in [0.3, 0.4) is 0 Å². The minimum absolute atomic E-state index is 0. The Kier molecular flexibility index (Phi) is 10.9. The van der Waals surface area contributed by atoms with Gasteiger partial charge in [0.2, 0.25) is 5.91 Å². The van der Waals surface area contributed by atoms with Gasteiger partial charge in [0.1, 0.15) is 17.7 Å². The summed E-state index contributed by atoms with van der Waals surface area (Å²) in [7, 11) is 0. The van der Waals surface area contributed by atoms with Crippen molar-refractivity contribution in [2.45, 2.75) is 57.8 Å². The number of ether oxygens (including phenoxy) is 2. The van der Waals surface area contributed by atoms with Gasteiger partial charge in [-0.25, -0.2) is 13.6 Å². The summed E-state index contributed by atoms with van der Waals surface area (Å²) in [5.74, 6) is 0.240. The largest absolute Gasteiger partial charge is 0.493 e. The Balaban J connectivity index is 0.00000420. The summed E-state index contributed by atoms with van der Waals surface area (Å²) in [6.07, 6.45) is 0.644. The van der Waals surface area contributed by atoms with E-state index < -0.39 is 18.0 Å². The predicted molar refractivity (Wildman–Crippen MR) is 148 cm³/mol. The van der Waals surface area contributed by atoms with Gasteiger partial charge in [-0.15, -0.1) is 12.4 Å². The smallest absolute Gasteiger partial charge is 0.410 e. The van der Waals surface area contributed by atoms with E-state index >= 15 is 0 Å². The van der Waals surface area contributed by atoms with Crippen molar-refractivity contribution < 1.29 is 27.8 Å². The highest BCUT2D eigenvalue weighted by Crippen LogP contribution is 2.27. The molecule has 0 aromatic heterocycles. The fourth-order valence-corrected chi connectivity index (χ4v) is 4.91. The maximum atomic E-state index is 14.9. The third-order valence-electron chi connectivity index (χ3n) is 7.11. The van der Waals surface area contributed by atoms with Crippen LogP contribution in [0.25, 0.3) is 11.1 Å². The lowest BCUT2D eigenvalue weighted by atomic mass is 9.98. The van der Waals surface area contributed by atoms with Crippen LogP contribution >= 0.6 is 12.4 Å². The van der Waals surface area contributed by atoms with Crippen molar-refractivity contribution in [2.75, 3.05) is 32.8 Å². The van der Waals surface area contributed by atoms with Gasteiger partial charge in [0.25, 0.3) is 0 Å². The van der Waals surface area contributed by atoms with Crippen molar-refractivity contribution in [3.05, 3.63) is 53.8 Å². The quantitative estimate of drug-likeness (QED) is 0.487. The molecule has 4 rings (SSSR count). The standard InChI is InChI=1S/C29H37F2N3O4.ClH/c1-19(2)38-29(36)33-11-8-20(9-12-33)18-37-25-5-3-4-21(14-25)22-6-7-23(26(31)15-22)16-27(32)28(35)34-13-10-24(30)17-34;/h3-7,14-15,19-20,24,27H,8-13,16-18,32H2,1-2H3;1H/t24-,27-;/m0./s1. The molecule has 10 heteroatoms. The Labute approximate surface area is 235 Å². The van der Waals surface area contributed by atoms with Gasteiger partial charge < -0.3 is 25.0 Å². The summed E-state index contributed by atoms with van der Waals surface area (Å²) in [6, 6.07) is 11.5. The van der Waals surface area contributed by atoms with Gasteiger partial charge >= 0.3 is 6.09 Å². The van der Waals surface area contributed by atoms with Crippen molar-refractivity contribution in [2.24, 2.45) is 11.7 Å². The van der Waals surface area contributed by atoms with Crippen LogP contribution in [-0.2, 0) is 16.0 Å². The molecule has 39 heavy (non-hydrogen) atoms. The molecule has 2 aliphatic rings. The Morgan fingerprint density at radius 3 is 2.36 bits per heavy atom. The topological polar surface area (TPSA) is 85.1 Å². The van der Waals surface area contributed by atoms with Crippen LogP contribution in [0.5, 0.6) is 5.75 Å². The van der Waals surface area contributed by atoms with Crippen molar-refractivity contribution in [3.8, 4) is 16.9 Å². The van der Waals surface area contributed by atoms with E-state index in [0.29, 0.717) is 55.5 Å². The molecule has 2 amide bonds. The molecule has 7 nitrogen and oxygen atoms in total. The highest BCUT2D eigenvalue weighted by atomic mass is 35.5. The lowest BCUT2D eigenvalue weighted by Gasteiger charge is -2.31. The minimum atomic E-state index is -1.02. The number of hydrogen-bond acceptors (Lipinski definition) is 5. The fourth-order valence-electron chi connectivity index (χ4n) is 4.91. The summed E-state index contributed by atoms with van der Waals surface area (Å²) in [5, 5.41) is 0. The first-order chi connectivity index (χ1) is 18.2. The maximum absolute atomic E-state index is 14.9. The molecule has 2 heterocycles. The predicted octanol–water partition coefficient (Wildman–Crippen LogP) is 4.99. The first-order valence-corrected chi connectivity index (χ1v) is 13.3. The molecule has 0 bridgehead atoms. The number of nitrogens with two attached hydrogens (primary N) is 1. The van der Waals surface area contributed by atoms with Gasteiger partial charge in [-0.05, 0) is 80.3 Å². The Morgan fingerprint density at radius 2 is 1.72 bits per heavy atom. The molecule has 0 aliphatic carbocycles. The molecule has 0 spiro atoms. The van der Waals surface area contributed by atoms with Crippen molar-refractivity contribution in [1.82, 2.24) is 9.80 Å². The van der Waals surface area contributed by atoms with Gasteiger partial charge in [-0.3, -0.25) is 4.79 Å². The molecule has 214 valence electrons. The summed E-state index contributed by atoms with van der Waals surface area (Å²) in [4.78, 5) is 27.7. The monoisotopic (exact) mass is 565 g/mol. The third kappa shape index (κ3) is 8.29. The normalized spacial score (nSPS) is 18.6. The van der Waals surface area contributed by atoms with E-state index in [0.717, 1.165) is 18.4 Å². The number of piperidine rings is 1. The number of carbonyl (C=O) groups excluding carboxylic acids is 2. The van der Waals surface area contributed by atoms with E-state index in [9.17, 15) is 18.4 Å². The van der Waals surface area contributed by atoms with Gasteiger partial charge in [0.15, 0.2) is 0 Å². The van der Waals surface area contributed by atoms with Crippen molar-refractivity contribution in [3.63, 3.8) is 0 Å². The summed E-state index contributed by atoms with van der Waals surface area (Å²) >= 11 is 0. The highest BCUT2D eigenvalue weighted by molar-refractivity contribution is 5.85. The summed E-state index contributed by atoms with van der Waals surface area (Å²) in [6.45, 7) is 5.91. The second-order valence-electron chi connectivity index (χ2n) is 10.5. The molecular weight excluding hydrogens is 528 g/mol. The number of rotatable bonds is 8. The molecule has 2 N–H and O–H groups in total. The zero-order valence-corrected chi connectivity index (χ0v) is 23.3. The van der Waals surface area contributed by atoms with Crippen LogP contribution in [0, 0.1) is 11.7 Å². The van der Waals surface area contributed by atoms with Crippen LogP contribution < -0.4 is 10.5 Å². The third-order valence-corrected chi connectivity index (χ3v) is 7.11. The van der Waals surface area contributed by atoms with Crippen molar-refractivity contribution in [1.29, 1.82) is 0 Å². The lowest BCUT2D eigenvalue weighted by molar-refractivity contribution is -0.131. The number of halogens is 3. The highest BCUT2D eigenvalue weighted by Gasteiger charge is 2.29. The van der Waals surface area contributed by atoms with Crippen LogP contribution in [0.1, 0.15) is 38.7 Å². The molecule has 0 unspecified atom stereocenters. The number of alkyl halides is 1. The number of amides is 2. The SMILES string of the molecule is CC(C)OC(=O)N1CCC(COc2cccc(-c3ccc(C[C@H](N)C(=O)N4CC[C@H](F)C4)c(F)c3)c2)CC1.Cl. The zero-order chi connectivity index (χ0) is 27.2. The lowest BCUT2D eigenvalue weighted by Crippen LogP contribution is -2.44. The van der Waals surface area contributed by atoms with Crippen LogP contribution in [0.4, 0.5) is 13.6 Å². The molecule has 0 radical (unpaired) electrons. The molecule has 2 saturated heterocycles. The molecule has 2 atom stereocenters. The second kappa shape index (κ2) is 13.9. The number of carbonyl (C=O) groups is 2. The average molecular weight is 566 g/mol. The van der Waals surface area contributed by atoms with Gasteiger partial charge in [-0.2, -0.15) is 0 Å². The van der Waals surface area contributed by atoms with Gasteiger partial charge in [0, 0.05) is 19.6 Å². The first kappa shape index (κ1) is 30.6. The number of nitrogens with zero attached hydrogens (tertiary/aromatic N) is 2. The number of benzene rings is 2. The van der Waals surface area contributed by atoms with Gasteiger partial charge in [-0.1, -0.05) is 24.3 Å². The average Bonchev–Trinajstić information content (AvgIpc) is 3.34. The fraction of sp³-hybridized carbons (Fsp3) is 0.517. The van der Waals surface area contributed by atoms with Crippen LogP contribution in [0.15, 0.2) is 42.5 Å². The van der Waals surface area contributed by atoms with Crippen LogP contribution in [-0.4, -0.2) is 72.9 Å². The van der Waals surface area contributed by atoms with E-state index in [-0.39, 0.29) is 43.5 Å². The first-order valence-electron chi connectivity index (χ1n) is 13.3. The zero-order valence-electron chi connectivity index (χ0n) is 22.5. The van der Waals surface area contributed by atoms with Gasteiger partial charge in [0.05, 0.1) is 25.3 Å². The summed E-state index contributed by atoms with van der Waals surface area (Å²) in [5.41, 5.74) is 7.87. The molecule has 2 aromatic carbocycles. The minimum Gasteiger partial charge on any atom is -0.493 e. The molecular formula is C29H38ClF2N3O4. The van der Waals surface area contributed by atoms with E-state index in [1.165, 1.54) is 11.0 Å². The maximum Gasteiger partial charge on any atom is 0.410 e. The Morgan fingerprint density at radius 1 is 1.03 bits per heavy atom. The molecule has 0 saturated carbocycles. The molecule has 2 fully saturated rings. The second-order valence-corrected chi connectivity index (χ2v) is 10.5. The van der Waals surface area contributed by atoms with E-state index in [1.807, 2.05) is 38.1 Å². The van der Waals surface area contributed by atoms with E-state index in [1.54, 1.807) is 17.0 Å². The number of hydrogen-bond donors (Lipinski definition) is 1. The van der Waals surface area contributed by atoms with Crippen LogP contribution in [0.2, 0.25) is 0 Å². The van der Waals surface area contributed by atoms with E-state index in [2.05, 4.69) is 0 Å². The molecule has 2 aromatic rings. The molecule has 2 aliphatic heterocycles. The van der Waals surface area contributed by atoms with E-state index in [4.69, 9.17) is 15.2 Å². The van der Waals surface area contributed by atoms with Crippen molar-refractivity contribution >= 4 is 24.4 Å². The Hall–Kier alpha value is -2.91.